The fourth-order valence-corrected chi connectivity index (χ4v) is 9.78. The minimum Gasteiger partial charge on any atom is -0.402 e. The van der Waals surface area contributed by atoms with Crippen LogP contribution in [0.2, 0.25) is 5.04 Å². The zero-order chi connectivity index (χ0) is 23.2. The molecular weight excluding hydrogens is 432 g/mol. The Bertz CT molecular complexity index is 934. The second kappa shape index (κ2) is 8.76. The maximum absolute atomic E-state index is 9.15. The standard InChI is InChI=1S/C27H34O5Si/c1-18(24-21(29-24)15-16-22-25(30-22)26-23(17-28)31-26)32-33(27(2,3)4,19-11-7-5-8-12-19)20-13-9-6-10-14-20/h5-16,18,21-26,28H,17H2,1-4H3/t18-,21+,22+,23+,24+,25-,26-/m1/s1. The highest BCUT2D eigenvalue weighted by molar-refractivity contribution is 6.99. The molecule has 3 fully saturated rings. The van der Waals surface area contributed by atoms with Gasteiger partial charge in [0, 0.05) is 0 Å². The Morgan fingerprint density at radius 1 is 0.879 bits per heavy atom. The maximum Gasteiger partial charge on any atom is 0.261 e. The molecule has 0 bridgehead atoms. The lowest BCUT2D eigenvalue weighted by molar-refractivity contribution is 0.164. The second-order valence-corrected chi connectivity index (χ2v) is 14.6. The third-order valence-corrected chi connectivity index (χ3v) is 12.1. The lowest BCUT2D eigenvalue weighted by atomic mass is 10.1. The third-order valence-electron chi connectivity index (χ3n) is 6.98. The van der Waals surface area contributed by atoms with Crippen molar-refractivity contribution in [3.8, 4) is 0 Å². The number of ether oxygens (including phenoxy) is 3. The Hall–Kier alpha value is -1.80. The van der Waals surface area contributed by atoms with Crippen LogP contribution in [0, 0.1) is 0 Å². The third kappa shape index (κ3) is 4.48. The molecule has 0 unspecified atom stereocenters. The molecule has 7 atom stereocenters. The summed E-state index contributed by atoms with van der Waals surface area (Å²) in [7, 11) is -2.60. The normalized spacial score (nSPS) is 32.0. The van der Waals surface area contributed by atoms with Crippen LogP contribution in [0.1, 0.15) is 27.7 Å². The van der Waals surface area contributed by atoms with E-state index in [-0.39, 0.29) is 54.4 Å². The van der Waals surface area contributed by atoms with Crippen LogP contribution in [0.5, 0.6) is 0 Å². The quantitative estimate of drug-likeness (QED) is 0.350. The number of hydrogen-bond acceptors (Lipinski definition) is 5. The van der Waals surface area contributed by atoms with Crippen molar-refractivity contribution >= 4 is 18.7 Å². The molecule has 3 heterocycles. The Balaban J connectivity index is 1.31. The Morgan fingerprint density at radius 3 is 1.97 bits per heavy atom. The minimum atomic E-state index is -2.60. The van der Waals surface area contributed by atoms with Gasteiger partial charge in [-0.05, 0) is 22.3 Å². The average molecular weight is 467 g/mol. The van der Waals surface area contributed by atoms with E-state index >= 15 is 0 Å². The van der Waals surface area contributed by atoms with Crippen LogP contribution in [-0.4, -0.2) is 62.8 Å². The predicted octanol–water partition coefficient (Wildman–Crippen LogP) is 2.80. The van der Waals surface area contributed by atoms with E-state index in [1.807, 2.05) is 0 Å². The number of aliphatic hydroxyl groups excluding tert-OH is 1. The largest absolute Gasteiger partial charge is 0.402 e. The molecule has 3 aliphatic rings. The van der Waals surface area contributed by atoms with Gasteiger partial charge in [0.1, 0.15) is 36.6 Å². The summed E-state index contributed by atoms with van der Waals surface area (Å²) in [5.74, 6) is 0. The summed E-state index contributed by atoms with van der Waals surface area (Å²) in [5.41, 5.74) is 0. The maximum atomic E-state index is 9.15. The van der Waals surface area contributed by atoms with E-state index in [0.29, 0.717) is 0 Å². The molecule has 33 heavy (non-hydrogen) atoms. The van der Waals surface area contributed by atoms with Crippen molar-refractivity contribution in [2.45, 2.75) is 75.5 Å². The monoisotopic (exact) mass is 466 g/mol. The predicted molar refractivity (Wildman–Crippen MR) is 130 cm³/mol. The van der Waals surface area contributed by atoms with Crippen LogP contribution >= 0.6 is 0 Å². The highest BCUT2D eigenvalue weighted by Crippen LogP contribution is 2.41. The number of epoxide rings is 3. The summed E-state index contributed by atoms with van der Waals surface area (Å²) >= 11 is 0. The van der Waals surface area contributed by atoms with Gasteiger partial charge in [0.25, 0.3) is 8.32 Å². The van der Waals surface area contributed by atoms with Gasteiger partial charge in [0.15, 0.2) is 0 Å². The molecule has 1 N–H and O–H groups in total. The molecule has 0 amide bonds. The first-order chi connectivity index (χ1) is 15.8. The lowest BCUT2D eigenvalue weighted by Crippen LogP contribution is -2.68. The summed E-state index contributed by atoms with van der Waals surface area (Å²) < 4.78 is 24.3. The van der Waals surface area contributed by atoms with Gasteiger partial charge >= 0.3 is 0 Å². The van der Waals surface area contributed by atoms with Crippen molar-refractivity contribution in [2.24, 2.45) is 0 Å². The topological polar surface area (TPSA) is 67.0 Å². The highest BCUT2D eigenvalue weighted by atomic mass is 28.4. The van der Waals surface area contributed by atoms with Crippen LogP contribution < -0.4 is 10.4 Å². The van der Waals surface area contributed by atoms with Crippen molar-refractivity contribution in [2.75, 3.05) is 6.61 Å². The first-order valence-electron chi connectivity index (χ1n) is 11.9. The van der Waals surface area contributed by atoms with Crippen molar-refractivity contribution in [1.29, 1.82) is 0 Å². The summed E-state index contributed by atoms with van der Waals surface area (Å²) in [5, 5.41) is 11.6. The van der Waals surface area contributed by atoms with Gasteiger partial charge < -0.3 is 23.7 Å². The molecule has 3 saturated heterocycles. The molecule has 2 aromatic rings. The van der Waals surface area contributed by atoms with Crippen LogP contribution in [-0.2, 0) is 18.6 Å². The second-order valence-electron chi connectivity index (χ2n) is 10.3. The molecule has 0 saturated carbocycles. The van der Waals surface area contributed by atoms with Gasteiger partial charge in [0.05, 0.1) is 12.7 Å². The lowest BCUT2D eigenvalue weighted by Gasteiger charge is -2.44. The number of aliphatic hydroxyl groups is 1. The first-order valence-corrected chi connectivity index (χ1v) is 13.8. The minimum absolute atomic E-state index is 0.0301. The van der Waals surface area contributed by atoms with Crippen molar-refractivity contribution < 1.29 is 23.7 Å². The first kappa shape index (κ1) is 23.0. The molecule has 2 aromatic carbocycles. The Labute approximate surface area is 197 Å². The molecule has 0 radical (unpaired) electrons. The zero-order valence-corrected chi connectivity index (χ0v) is 20.8. The Kier molecular flexibility index (Phi) is 6.10. The zero-order valence-electron chi connectivity index (χ0n) is 19.8. The van der Waals surface area contributed by atoms with Crippen molar-refractivity contribution in [3.63, 3.8) is 0 Å². The van der Waals surface area contributed by atoms with E-state index in [2.05, 4.69) is 101 Å². The Morgan fingerprint density at radius 2 is 1.45 bits per heavy atom. The van der Waals surface area contributed by atoms with Crippen LogP contribution in [0.25, 0.3) is 0 Å². The summed E-state index contributed by atoms with van der Waals surface area (Å²) in [6.45, 7) is 9.08. The van der Waals surface area contributed by atoms with Gasteiger partial charge in [-0.3, -0.25) is 0 Å². The van der Waals surface area contributed by atoms with E-state index in [4.69, 9.17) is 23.7 Å². The molecule has 5 rings (SSSR count). The molecule has 176 valence electrons. The molecule has 0 aliphatic carbocycles. The molecule has 0 spiro atoms. The van der Waals surface area contributed by atoms with Crippen molar-refractivity contribution in [3.05, 3.63) is 72.8 Å². The number of rotatable bonds is 9. The molecule has 5 nitrogen and oxygen atoms in total. The van der Waals surface area contributed by atoms with Crippen molar-refractivity contribution in [1.82, 2.24) is 0 Å². The summed E-state index contributed by atoms with van der Waals surface area (Å²) in [4.78, 5) is 0. The van der Waals surface area contributed by atoms with E-state index in [1.54, 1.807) is 0 Å². The van der Waals surface area contributed by atoms with E-state index in [1.165, 1.54) is 10.4 Å². The SMILES string of the molecule is C[C@@H](O[Si](c1ccccc1)(c1ccccc1)C(C)(C)C)[C@@H]1O[C@H]1C=C[C@@H]1O[C@H]1[C@@H]1O[C@H]1CO. The average Bonchev–Trinajstić information content (AvgIpc) is 3.67. The van der Waals surface area contributed by atoms with Gasteiger partial charge in [-0.25, -0.2) is 0 Å². The molecule has 3 aliphatic heterocycles. The molecule has 6 heteroatoms. The highest BCUT2D eigenvalue weighted by Gasteiger charge is 2.57. The van der Waals surface area contributed by atoms with Gasteiger partial charge in [0.2, 0.25) is 0 Å². The number of hydrogen-bond donors (Lipinski definition) is 1. The smallest absolute Gasteiger partial charge is 0.261 e. The summed E-state index contributed by atoms with van der Waals surface area (Å²) in [6.07, 6.45) is 4.30. The van der Waals surface area contributed by atoms with Gasteiger partial charge in [-0.15, -0.1) is 0 Å². The molecular formula is C27H34O5Si. The van der Waals surface area contributed by atoms with E-state index in [9.17, 15) is 0 Å². The fraction of sp³-hybridized carbons (Fsp3) is 0.481. The van der Waals surface area contributed by atoms with Gasteiger partial charge in [-0.2, -0.15) is 0 Å². The van der Waals surface area contributed by atoms with Crippen LogP contribution in [0.15, 0.2) is 72.8 Å². The molecule has 0 aromatic heterocycles. The van der Waals surface area contributed by atoms with E-state index < -0.39 is 8.32 Å². The van der Waals surface area contributed by atoms with Crippen LogP contribution in [0.3, 0.4) is 0 Å². The fourth-order valence-electron chi connectivity index (χ4n) is 5.07. The summed E-state index contributed by atoms with van der Waals surface area (Å²) in [6, 6.07) is 21.4. The van der Waals surface area contributed by atoms with Gasteiger partial charge in [-0.1, -0.05) is 93.6 Å². The number of benzene rings is 2. The van der Waals surface area contributed by atoms with E-state index in [0.717, 1.165) is 0 Å². The van der Waals surface area contributed by atoms with Crippen LogP contribution in [0.4, 0.5) is 0 Å².